The van der Waals surface area contributed by atoms with Crippen molar-refractivity contribution in [3.63, 3.8) is 0 Å². The van der Waals surface area contributed by atoms with Crippen LogP contribution in [0.5, 0.6) is 0 Å². The zero-order chi connectivity index (χ0) is 15.8. The number of alkyl halides is 2. The fourth-order valence-corrected chi connectivity index (χ4v) is 3.20. The van der Waals surface area contributed by atoms with Crippen molar-refractivity contribution in [3.8, 4) is 0 Å². The lowest BCUT2D eigenvalue weighted by atomic mass is 10.1. The van der Waals surface area contributed by atoms with E-state index in [0.29, 0.717) is 26.1 Å². The monoisotopic (exact) mass is 349 g/mol. The molecule has 2 rings (SSSR count). The number of aliphatic imine (C=N–C) groups is 1. The van der Waals surface area contributed by atoms with Gasteiger partial charge in [0.25, 0.3) is 0 Å². The molecule has 8 heteroatoms. The van der Waals surface area contributed by atoms with E-state index < -0.39 is 10.3 Å². The van der Waals surface area contributed by atoms with Crippen LogP contribution in [-0.4, -0.2) is 56.9 Å². The van der Waals surface area contributed by atoms with Crippen molar-refractivity contribution in [1.29, 1.82) is 0 Å². The molecule has 2 amide bonds. The van der Waals surface area contributed by atoms with E-state index in [4.69, 9.17) is 35.4 Å². The highest BCUT2D eigenvalue weighted by molar-refractivity contribution is 7.80. The Balaban J connectivity index is 2.09. The Labute approximate surface area is 139 Å². The molecule has 0 bridgehead atoms. The first-order valence-corrected chi connectivity index (χ1v) is 8.04. The molecule has 5 nitrogen and oxygen atoms in total. The molecule has 0 radical (unpaired) electrons. The number of amides is 2. The van der Waals surface area contributed by atoms with Crippen LogP contribution < -0.4 is 0 Å². The van der Waals surface area contributed by atoms with Crippen LogP contribution in [0.15, 0.2) is 4.99 Å². The summed E-state index contributed by atoms with van der Waals surface area (Å²) < 4.78 is -0.704. The number of halogens is 2. The van der Waals surface area contributed by atoms with E-state index >= 15 is 0 Å². The first kappa shape index (κ1) is 16.6. The Morgan fingerprint density at radius 2 is 1.76 bits per heavy atom. The van der Waals surface area contributed by atoms with Gasteiger partial charge in [-0.25, -0.2) is 0 Å². The second kappa shape index (κ2) is 6.18. The van der Waals surface area contributed by atoms with Crippen LogP contribution in [0.4, 0.5) is 0 Å². The molecule has 1 saturated heterocycles. The lowest BCUT2D eigenvalue weighted by molar-refractivity contribution is -0.143. The van der Waals surface area contributed by atoms with Gasteiger partial charge in [0, 0.05) is 31.8 Å². The van der Waals surface area contributed by atoms with Gasteiger partial charge < -0.3 is 0 Å². The van der Waals surface area contributed by atoms with Crippen LogP contribution in [0.3, 0.4) is 0 Å². The van der Waals surface area contributed by atoms with Gasteiger partial charge in [-0.3, -0.25) is 24.4 Å². The fourth-order valence-electron chi connectivity index (χ4n) is 2.25. The maximum absolute atomic E-state index is 12.3. The maximum atomic E-state index is 12.3. The number of hydrogen-bond acceptors (Lipinski definition) is 4. The first-order valence-electron chi connectivity index (χ1n) is 6.88. The Kier molecular flexibility index (Phi) is 4.90. The van der Waals surface area contributed by atoms with Crippen LogP contribution in [0.1, 0.15) is 20.3 Å². The van der Waals surface area contributed by atoms with E-state index in [1.54, 1.807) is 0 Å². The average molecular weight is 350 g/mol. The first-order chi connectivity index (χ1) is 9.83. The smallest absolute Gasteiger partial charge is 0.246 e. The number of carbonyl (C=O) groups excluding carboxylic acids is 2. The van der Waals surface area contributed by atoms with Crippen molar-refractivity contribution in [2.24, 2.45) is 16.8 Å². The molecule has 2 fully saturated rings. The predicted molar refractivity (Wildman–Crippen MR) is 86.8 cm³/mol. The van der Waals surface area contributed by atoms with Crippen molar-refractivity contribution in [1.82, 2.24) is 9.80 Å². The fraction of sp³-hybridized carbons (Fsp3) is 0.692. The third-order valence-electron chi connectivity index (χ3n) is 3.69. The van der Waals surface area contributed by atoms with Gasteiger partial charge in [-0.1, -0.05) is 0 Å². The largest absolute Gasteiger partial charge is 0.296 e. The van der Waals surface area contributed by atoms with Crippen LogP contribution in [0, 0.1) is 11.8 Å². The third kappa shape index (κ3) is 3.22. The van der Waals surface area contributed by atoms with Gasteiger partial charge in [0.1, 0.15) is 4.33 Å². The molecule has 1 aliphatic carbocycles. The summed E-state index contributed by atoms with van der Waals surface area (Å²) >= 11 is 17.0. The summed E-state index contributed by atoms with van der Waals surface area (Å²) in [4.78, 5) is 31.7. The topological polar surface area (TPSA) is 53.0 Å². The molecule has 2 aliphatic rings. The van der Waals surface area contributed by atoms with E-state index in [0.717, 1.165) is 0 Å². The normalized spacial score (nSPS) is 26.1. The lowest BCUT2D eigenvalue weighted by Crippen LogP contribution is -2.59. The van der Waals surface area contributed by atoms with E-state index in [2.05, 4.69) is 4.99 Å². The van der Waals surface area contributed by atoms with Crippen LogP contribution in [0.2, 0.25) is 0 Å². The van der Waals surface area contributed by atoms with Crippen LogP contribution in [0.25, 0.3) is 0 Å². The summed E-state index contributed by atoms with van der Waals surface area (Å²) in [6.07, 6.45) is 2.09. The summed E-state index contributed by atoms with van der Waals surface area (Å²) in [5, 5.41) is 0.266. The Hall–Kier alpha value is -0.720. The zero-order valence-corrected chi connectivity index (χ0v) is 14.2. The molecular weight excluding hydrogens is 333 g/mol. The molecule has 21 heavy (non-hydrogen) atoms. The van der Waals surface area contributed by atoms with E-state index in [9.17, 15) is 9.59 Å². The molecule has 0 N–H and O–H groups in total. The standard InChI is InChI=1S/C13H17Cl2N3O2S/c1-3-17-10(19)9(11(20)18(4-2)12(17)21)7-16-6-8-5-13(8,14)15/h7-9H,3-6H2,1-2H3/t8-/m1/s1. The number of hydrogen-bond donors (Lipinski definition) is 0. The van der Waals surface area contributed by atoms with E-state index in [1.165, 1.54) is 16.0 Å². The number of thiocarbonyl (C=S) groups is 1. The van der Waals surface area contributed by atoms with Gasteiger partial charge in [0.15, 0.2) is 11.0 Å². The summed E-state index contributed by atoms with van der Waals surface area (Å²) in [6, 6.07) is 0. The Morgan fingerprint density at radius 3 is 2.14 bits per heavy atom. The average Bonchev–Trinajstić information content (AvgIpc) is 3.02. The molecule has 0 aromatic carbocycles. The number of nitrogens with zero attached hydrogens (tertiary/aromatic N) is 3. The molecule has 0 aromatic heterocycles. The molecule has 116 valence electrons. The van der Waals surface area contributed by atoms with Crippen molar-refractivity contribution in [2.75, 3.05) is 19.6 Å². The quantitative estimate of drug-likeness (QED) is 0.329. The van der Waals surface area contributed by atoms with Crippen molar-refractivity contribution < 1.29 is 9.59 Å². The summed E-state index contributed by atoms with van der Waals surface area (Å²) in [5.41, 5.74) is 0. The van der Waals surface area contributed by atoms with Gasteiger partial charge in [-0.15, -0.1) is 23.2 Å². The van der Waals surface area contributed by atoms with Crippen molar-refractivity contribution in [3.05, 3.63) is 0 Å². The maximum Gasteiger partial charge on any atom is 0.246 e. The van der Waals surface area contributed by atoms with Crippen LogP contribution in [-0.2, 0) is 9.59 Å². The molecule has 1 saturated carbocycles. The van der Waals surface area contributed by atoms with Gasteiger partial charge >= 0.3 is 0 Å². The molecular formula is C13H17Cl2N3O2S. The van der Waals surface area contributed by atoms with E-state index in [-0.39, 0.29) is 22.8 Å². The van der Waals surface area contributed by atoms with Gasteiger partial charge in [-0.05, 0) is 32.5 Å². The predicted octanol–water partition coefficient (Wildman–Crippen LogP) is 1.86. The minimum absolute atomic E-state index is 0.0940. The summed E-state index contributed by atoms with van der Waals surface area (Å²) in [7, 11) is 0. The molecule has 0 unspecified atom stereocenters. The number of carbonyl (C=O) groups is 2. The highest BCUT2D eigenvalue weighted by atomic mass is 35.5. The lowest BCUT2D eigenvalue weighted by Gasteiger charge is -2.37. The number of rotatable bonds is 5. The molecule has 0 aromatic rings. The third-order valence-corrected chi connectivity index (χ3v) is 5.06. The second-order valence-corrected chi connectivity index (χ2v) is 7.01. The van der Waals surface area contributed by atoms with Crippen LogP contribution >= 0.6 is 35.4 Å². The highest BCUT2D eigenvalue weighted by Gasteiger charge is 2.51. The minimum atomic E-state index is -0.907. The van der Waals surface area contributed by atoms with Gasteiger partial charge in [0.2, 0.25) is 11.8 Å². The van der Waals surface area contributed by atoms with Gasteiger partial charge in [-0.2, -0.15) is 0 Å². The molecule has 1 heterocycles. The SMILES string of the molecule is CCN1C(=O)C(C=NC[C@H]2CC2(Cl)Cl)C(=O)N(CC)C1=S. The van der Waals surface area contributed by atoms with E-state index in [1.807, 2.05) is 13.8 Å². The Bertz CT molecular complexity index is 484. The molecule has 1 atom stereocenters. The molecule has 0 spiro atoms. The Morgan fingerprint density at radius 1 is 1.29 bits per heavy atom. The van der Waals surface area contributed by atoms with Crippen molar-refractivity contribution in [2.45, 2.75) is 24.6 Å². The molecule has 1 aliphatic heterocycles. The summed E-state index contributed by atoms with van der Waals surface area (Å²) in [5.74, 6) is -1.45. The summed E-state index contributed by atoms with van der Waals surface area (Å²) in [6.45, 7) is 4.93. The van der Waals surface area contributed by atoms with Crippen molar-refractivity contribution >= 4 is 58.6 Å². The zero-order valence-electron chi connectivity index (χ0n) is 11.9. The second-order valence-electron chi connectivity index (χ2n) is 5.10. The highest BCUT2D eigenvalue weighted by Crippen LogP contribution is 2.53. The minimum Gasteiger partial charge on any atom is -0.296 e. The van der Waals surface area contributed by atoms with Gasteiger partial charge in [0.05, 0.1) is 0 Å².